The summed E-state index contributed by atoms with van der Waals surface area (Å²) in [6.45, 7) is 6.26. The maximum Gasteiger partial charge on any atom is 0.295 e. The second-order valence-electron chi connectivity index (χ2n) is 8.70. The van der Waals surface area contributed by atoms with Gasteiger partial charge in [0.05, 0.1) is 11.4 Å². The standard InChI is InChI=1S/C24H27N5O3S/c1-14-22(32-15(2)26-14)23(31)28-24-27-19(13-33-24)17-5-7-20-18(10-17)6-8-21(30)29(20)12-16-4-3-9-25-11-16/h5,7,10,13,16,25H,3-4,6,8-9,11-12H2,1-2H3,(H,27,28,31). The van der Waals surface area contributed by atoms with Crippen LogP contribution in [0.2, 0.25) is 0 Å². The predicted octanol–water partition coefficient (Wildman–Crippen LogP) is 3.95. The number of oxazole rings is 1. The first-order valence-corrected chi connectivity index (χ1v) is 12.2. The quantitative estimate of drug-likeness (QED) is 0.592. The molecule has 2 aliphatic rings. The molecule has 1 saturated heterocycles. The zero-order valence-electron chi connectivity index (χ0n) is 18.8. The second-order valence-corrected chi connectivity index (χ2v) is 9.56. The van der Waals surface area contributed by atoms with Crippen LogP contribution in [0.25, 0.3) is 11.3 Å². The van der Waals surface area contributed by atoms with Crippen molar-refractivity contribution >= 4 is 34.0 Å². The number of rotatable bonds is 5. The molecule has 0 aliphatic carbocycles. The van der Waals surface area contributed by atoms with Crippen molar-refractivity contribution < 1.29 is 14.0 Å². The molecule has 2 aliphatic heterocycles. The summed E-state index contributed by atoms with van der Waals surface area (Å²) < 4.78 is 5.39. The average molecular weight is 466 g/mol. The Bertz CT molecular complexity index is 1190. The molecule has 2 aromatic heterocycles. The fraction of sp³-hybridized carbons (Fsp3) is 0.417. The Balaban J connectivity index is 1.33. The molecule has 1 fully saturated rings. The van der Waals surface area contributed by atoms with Crippen molar-refractivity contribution in [3.05, 3.63) is 46.5 Å². The van der Waals surface area contributed by atoms with Gasteiger partial charge < -0.3 is 14.6 Å². The Hall–Kier alpha value is -3.04. The van der Waals surface area contributed by atoms with Crippen LogP contribution < -0.4 is 15.5 Å². The van der Waals surface area contributed by atoms with Gasteiger partial charge in [0.2, 0.25) is 11.7 Å². The topological polar surface area (TPSA) is 100 Å². The number of nitrogens with one attached hydrogen (secondary N) is 2. The zero-order valence-corrected chi connectivity index (χ0v) is 19.6. The Kier molecular flexibility index (Phi) is 5.99. The van der Waals surface area contributed by atoms with E-state index in [1.807, 2.05) is 22.4 Å². The second kappa shape index (κ2) is 9.07. The van der Waals surface area contributed by atoms with Crippen LogP contribution in [0.5, 0.6) is 0 Å². The van der Waals surface area contributed by atoms with E-state index in [4.69, 9.17) is 4.42 Å². The zero-order chi connectivity index (χ0) is 22.9. The highest BCUT2D eigenvalue weighted by Gasteiger charge is 2.27. The van der Waals surface area contributed by atoms with E-state index in [2.05, 4.69) is 26.7 Å². The van der Waals surface area contributed by atoms with Gasteiger partial charge in [-0.25, -0.2) is 9.97 Å². The van der Waals surface area contributed by atoms with Gasteiger partial charge >= 0.3 is 0 Å². The van der Waals surface area contributed by atoms with Gasteiger partial charge in [0.1, 0.15) is 0 Å². The van der Waals surface area contributed by atoms with E-state index in [1.54, 1.807) is 13.8 Å². The summed E-state index contributed by atoms with van der Waals surface area (Å²) in [5.74, 6) is 1.01. The Morgan fingerprint density at radius 3 is 2.94 bits per heavy atom. The van der Waals surface area contributed by atoms with Crippen molar-refractivity contribution in [3.8, 4) is 11.3 Å². The Labute approximate surface area is 196 Å². The molecule has 1 unspecified atom stereocenters. The number of aromatic nitrogens is 2. The average Bonchev–Trinajstić information content (AvgIpc) is 3.41. The van der Waals surface area contributed by atoms with Gasteiger partial charge in [0.25, 0.3) is 5.91 Å². The summed E-state index contributed by atoms with van der Waals surface area (Å²) in [4.78, 5) is 35.9. The lowest BCUT2D eigenvalue weighted by atomic mass is 9.94. The first-order valence-electron chi connectivity index (χ1n) is 11.3. The highest BCUT2D eigenvalue weighted by atomic mass is 32.1. The van der Waals surface area contributed by atoms with Crippen LogP contribution in [0.4, 0.5) is 10.8 Å². The molecule has 2 amide bonds. The van der Waals surface area contributed by atoms with E-state index in [1.165, 1.54) is 16.9 Å². The molecule has 33 heavy (non-hydrogen) atoms. The summed E-state index contributed by atoms with van der Waals surface area (Å²) in [6.07, 6.45) is 3.59. The molecule has 5 rings (SSSR count). The molecule has 0 radical (unpaired) electrons. The summed E-state index contributed by atoms with van der Waals surface area (Å²) in [6, 6.07) is 6.17. The van der Waals surface area contributed by atoms with E-state index in [0.717, 1.165) is 55.8 Å². The van der Waals surface area contributed by atoms with Gasteiger partial charge in [0.15, 0.2) is 11.0 Å². The first-order chi connectivity index (χ1) is 16.0. The van der Waals surface area contributed by atoms with Crippen LogP contribution in [0.3, 0.4) is 0 Å². The van der Waals surface area contributed by atoms with Crippen molar-refractivity contribution in [3.63, 3.8) is 0 Å². The highest BCUT2D eigenvalue weighted by molar-refractivity contribution is 7.14. The molecule has 1 atom stereocenters. The molecule has 3 aromatic rings. The molecule has 0 saturated carbocycles. The molecule has 9 heteroatoms. The summed E-state index contributed by atoms with van der Waals surface area (Å²) in [5, 5.41) is 8.67. The number of carbonyl (C=O) groups excluding carboxylic acids is 2. The SMILES string of the molecule is Cc1nc(C)c(C(=O)Nc2nc(-c3ccc4c(c3)CCC(=O)N4CC3CCCNC3)cs2)o1. The number of aryl methyl sites for hydroxylation is 3. The minimum absolute atomic E-state index is 0.205. The largest absolute Gasteiger partial charge is 0.436 e. The molecule has 2 N–H and O–H groups in total. The Morgan fingerprint density at radius 2 is 2.18 bits per heavy atom. The first kappa shape index (κ1) is 21.8. The van der Waals surface area contributed by atoms with Crippen molar-refractivity contribution in [2.24, 2.45) is 5.92 Å². The van der Waals surface area contributed by atoms with Crippen LogP contribution in [-0.4, -0.2) is 41.4 Å². The van der Waals surface area contributed by atoms with Crippen molar-refractivity contribution in [1.82, 2.24) is 15.3 Å². The molecule has 172 valence electrons. The predicted molar refractivity (Wildman–Crippen MR) is 128 cm³/mol. The number of thiazole rings is 1. The lowest BCUT2D eigenvalue weighted by molar-refractivity contribution is -0.119. The Morgan fingerprint density at radius 1 is 1.30 bits per heavy atom. The van der Waals surface area contributed by atoms with Crippen molar-refractivity contribution in [1.29, 1.82) is 0 Å². The van der Waals surface area contributed by atoms with Crippen molar-refractivity contribution in [2.45, 2.75) is 39.5 Å². The molecule has 1 aromatic carbocycles. The number of amides is 2. The third kappa shape index (κ3) is 4.56. The number of carbonyl (C=O) groups is 2. The summed E-state index contributed by atoms with van der Waals surface area (Å²) in [7, 11) is 0. The molecular weight excluding hydrogens is 438 g/mol. The molecule has 4 heterocycles. The van der Waals surface area contributed by atoms with Crippen molar-refractivity contribution in [2.75, 3.05) is 29.9 Å². The van der Waals surface area contributed by atoms with Crippen LogP contribution in [0.15, 0.2) is 28.0 Å². The van der Waals surface area contributed by atoms with Crippen LogP contribution in [0.1, 0.15) is 47.0 Å². The lowest BCUT2D eigenvalue weighted by Crippen LogP contribution is -2.43. The molecule has 0 bridgehead atoms. The maximum absolute atomic E-state index is 12.7. The lowest BCUT2D eigenvalue weighted by Gasteiger charge is -2.34. The molecule has 8 nitrogen and oxygen atoms in total. The van der Waals surface area contributed by atoms with Gasteiger partial charge in [0, 0.05) is 36.5 Å². The van der Waals surface area contributed by atoms with E-state index >= 15 is 0 Å². The number of fused-ring (bicyclic) bond motifs is 1. The van der Waals surface area contributed by atoms with Crippen LogP contribution >= 0.6 is 11.3 Å². The van der Waals surface area contributed by atoms with Crippen LogP contribution in [-0.2, 0) is 11.2 Å². The number of hydrogen-bond acceptors (Lipinski definition) is 7. The third-order valence-electron chi connectivity index (χ3n) is 6.25. The number of hydrogen-bond donors (Lipinski definition) is 2. The van der Waals surface area contributed by atoms with Gasteiger partial charge in [-0.1, -0.05) is 6.07 Å². The smallest absolute Gasteiger partial charge is 0.295 e. The fourth-order valence-electron chi connectivity index (χ4n) is 4.62. The normalized spacial score (nSPS) is 18.3. The number of benzene rings is 1. The number of piperidine rings is 1. The summed E-state index contributed by atoms with van der Waals surface area (Å²) in [5.41, 5.74) is 4.51. The maximum atomic E-state index is 12.7. The number of anilines is 2. The van der Waals surface area contributed by atoms with Gasteiger partial charge in [-0.3, -0.25) is 14.9 Å². The van der Waals surface area contributed by atoms with Gasteiger partial charge in [-0.05, 0) is 62.9 Å². The van der Waals surface area contributed by atoms with E-state index in [0.29, 0.717) is 29.1 Å². The fourth-order valence-corrected chi connectivity index (χ4v) is 5.33. The molecule has 0 spiro atoms. The van der Waals surface area contributed by atoms with E-state index in [-0.39, 0.29) is 17.6 Å². The molecular formula is C24H27N5O3S. The van der Waals surface area contributed by atoms with Gasteiger partial charge in [-0.15, -0.1) is 11.3 Å². The highest BCUT2D eigenvalue weighted by Crippen LogP contribution is 2.34. The number of nitrogens with zero attached hydrogens (tertiary/aromatic N) is 3. The minimum Gasteiger partial charge on any atom is -0.436 e. The van der Waals surface area contributed by atoms with E-state index in [9.17, 15) is 9.59 Å². The third-order valence-corrected chi connectivity index (χ3v) is 7.01. The summed E-state index contributed by atoms with van der Waals surface area (Å²) >= 11 is 1.37. The monoisotopic (exact) mass is 465 g/mol. The minimum atomic E-state index is -0.356. The van der Waals surface area contributed by atoms with E-state index < -0.39 is 0 Å². The van der Waals surface area contributed by atoms with Gasteiger partial charge in [-0.2, -0.15) is 0 Å². The van der Waals surface area contributed by atoms with Crippen LogP contribution in [0, 0.1) is 19.8 Å².